The summed E-state index contributed by atoms with van der Waals surface area (Å²) in [5, 5.41) is 6.05. The predicted octanol–water partition coefficient (Wildman–Crippen LogP) is 10.5. The fraction of sp³-hybridized carbons (Fsp3) is 0.400. The minimum atomic E-state index is -0.763. The zero-order valence-electron chi connectivity index (χ0n) is 39.6. The first-order valence-corrected chi connectivity index (χ1v) is 24.4. The number of allylic oxidation sites excluding steroid dienone is 1. The first kappa shape index (κ1) is 49.4. The van der Waals surface area contributed by atoms with Crippen LogP contribution in [0.25, 0.3) is 21.6 Å². The van der Waals surface area contributed by atoms with Crippen LogP contribution in [-0.4, -0.2) is 77.2 Å². The highest BCUT2D eigenvalue weighted by Crippen LogP contribution is 2.35. The third-order valence-electron chi connectivity index (χ3n) is 12.3. The number of aromatic nitrogens is 1. The molecule has 4 aromatic carbocycles. The lowest BCUT2D eigenvalue weighted by Crippen LogP contribution is -2.57. The molecule has 1 saturated heterocycles. The molecule has 5 aromatic rings. The standard InChI is InChI=1S/C55H67N5O5S/c1-7-46(41-19-12-10-13-20-41)50(42-21-14-11-15-22-42)43-30-32-45(33-31-43)65-36-35-59(6)49(62)25-17-9-8-16-24-48(61)58-52(55(3,4)5)54(64)60-34-18-23-47(60)53(63)56-37-40-26-28-44(29-27-40)51-39(2)57-38-66-51/h10-15,19-22,26-33,38,47,52H,7-9,16-18,23-25,34-37H2,1-6H3,(H,56,63)(H,58,61)/b50-46-/t47-,52+/m0/s1. The van der Waals surface area contributed by atoms with E-state index >= 15 is 0 Å². The van der Waals surface area contributed by atoms with E-state index in [9.17, 15) is 19.2 Å². The number of hydrogen-bond donors (Lipinski definition) is 2. The zero-order chi connectivity index (χ0) is 47.1. The van der Waals surface area contributed by atoms with E-state index in [4.69, 9.17) is 4.74 Å². The molecule has 1 aliphatic heterocycles. The van der Waals surface area contributed by atoms with Crippen LogP contribution in [0, 0.1) is 12.3 Å². The lowest BCUT2D eigenvalue weighted by Gasteiger charge is -2.35. The first-order chi connectivity index (χ1) is 31.8. The van der Waals surface area contributed by atoms with Gasteiger partial charge in [0.2, 0.25) is 23.6 Å². The van der Waals surface area contributed by atoms with Gasteiger partial charge in [-0.3, -0.25) is 19.2 Å². The van der Waals surface area contributed by atoms with Gasteiger partial charge in [0.25, 0.3) is 0 Å². The molecule has 11 heteroatoms. The summed E-state index contributed by atoms with van der Waals surface area (Å²) in [6.07, 6.45) is 5.91. The fourth-order valence-corrected chi connectivity index (χ4v) is 9.36. The van der Waals surface area contributed by atoms with Crippen molar-refractivity contribution >= 4 is 46.1 Å². The van der Waals surface area contributed by atoms with Crippen molar-refractivity contribution < 1.29 is 23.9 Å². The van der Waals surface area contributed by atoms with E-state index in [2.05, 4.69) is 83.2 Å². The second-order valence-corrected chi connectivity index (χ2v) is 19.1. The third-order valence-corrected chi connectivity index (χ3v) is 13.3. The lowest BCUT2D eigenvalue weighted by atomic mass is 9.85. The maximum absolute atomic E-state index is 14.0. The number of carbonyl (C=O) groups is 4. The zero-order valence-corrected chi connectivity index (χ0v) is 40.4. The number of likely N-dealkylation sites (tertiary alicyclic amines) is 1. The van der Waals surface area contributed by atoms with E-state index in [1.165, 1.54) is 22.3 Å². The monoisotopic (exact) mass is 909 g/mol. The first-order valence-electron chi connectivity index (χ1n) is 23.5. The van der Waals surface area contributed by atoms with Crippen LogP contribution >= 0.6 is 11.3 Å². The summed E-state index contributed by atoms with van der Waals surface area (Å²) in [5.74, 6) is 0.231. The summed E-state index contributed by atoms with van der Waals surface area (Å²) >= 11 is 1.60. The van der Waals surface area contributed by atoms with Gasteiger partial charge in [-0.1, -0.05) is 138 Å². The molecule has 0 spiro atoms. The van der Waals surface area contributed by atoms with Gasteiger partial charge in [0, 0.05) is 33.0 Å². The smallest absolute Gasteiger partial charge is 0.246 e. The van der Waals surface area contributed by atoms with Crippen LogP contribution < -0.4 is 15.4 Å². The largest absolute Gasteiger partial charge is 0.492 e. The Morgan fingerprint density at radius 1 is 0.833 bits per heavy atom. The van der Waals surface area contributed by atoms with Crippen molar-refractivity contribution in [3.05, 3.63) is 143 Å². The van der Waals surface area contributed by atoms with Crippen molar-refractivity contribution in [3.63, 3.8) is 0 Å². The highest BCUT2D eigenvalue weighted by molar-refractivity contribution is 7.13. The molecule has 2 atom stereocenters. The SMILES string of the molecule is CC/C(=C(\c1ccccc1)c1ccc(OCCN(C)C(=O)CCCCCCC(=O)N[C@H](C(=O)N2CCC[C@H]2C(=O)NCc2ccc(-c3scnc3C)cc2)C(C)(C)C)cc1)c1ccccc1. The average Bonchev–Trinajstić information content (AvgIpc) is 4.00. The fourth-order valence-electron chi connectivity index (χ4n) is 8.54. The third kappa shape index (κ3) is 13.5. The van der Waals surface area contributed by atoms with Gasteiger partial charge in [-0.25, -0.2) is 4.98 Å². The van der Waals surface area contributed by atoms with E-state index < -0.39 is 17.5 Å². The molecular formula is C55H67N5O5S. The second kappa shape index (κ2) is 23.9. The van der Waals surface area contributed by atoms with E-state index in [0.717, 1.165) is 65.1 Å². The molecule has 66 heavy (non-hydrogen) atoms. The number of benzene rings is 4. The maximum Gasteiger partial charge on any atom is 0.246 e. The molecule has 0 bridgehead atoms. The molecule has 0 radical (unpaired) electrons. The molecule has 1 aliphatic rings. The van der Waals surface area contributed by atoms with Gasteiger partial charge in [-0.05, 0) is 95.5 Å². The van der Waals surface area contributed by atoms with Crippen LogP contribution in [0.3, 0.4) is 0 Å². The summed E-state index contributed by atoms with van der Waals surface area (Å²) < 4.78 is 6.08. The molecule has 10 nitrogen and oxygen atoms in total. The number of thiazole rings is 1. The quantitative estimate of drug-likeness (QED) is 0.0559. The number of amides is 4. The second-order valence-electron chi connectivity index (χ2n) is 18.3. The molecular weight excluding hydrogens is 843 g/mol. The van der Waals surface area contributed by atoms with E-state index in [0.29, 0.717) is 45.5 Å². The van der Waals surface area contributed by atoms with E-state index in [-0.39, 0.29) is 30.0 Å². The summed E-state index contributed by atoms with van der Waals surface area (Å²) in [5.41, 5.74) is 10.3. The molecule has 0 saturated carbocycles. The van der Waals surface area contributed by atoms with Crippen molar-refractivity contribution in [2.45, 2.75) is 111 Å². The number of unbranched alkanes of at least 4 members (excludes halogenated alkanes) is 3. The number of aryl methyl sites for hydroxylation is 1. The van der Waals surface area contributed by atoms with Crippen molar-refractivity contribution in [1.82, 2.24) is 25.4 Å². The van der Waals surface area contributed by atoms with Crippen LogP contribution in [0.2, 0.25) is 0 Å². The molecule has 1 aromatic heterocycles. The Kier molecular flexibility index (Phi) is 17.9. The summed E-state index contributed by atoms with van der Waals surface area (Å²) in [6, 6.07) is 36.0. The molecule has 2 heterocycles. The Labute approximate surface area is 395 Å². The van der Waals surface area contributed by atoms with E-state index in [1.807, 2.05) is 81.7 Å². The molecule has 348 valence electrons. The Hall–Kier alpha value is -6.07. The van der Waals surface area contributed by atoms with Gasteiger partial charge in [-0.15, -0.1) is 11.3 Å². The van der Waals surface area contributed by atoms with Crippen LogP contribution in [0.15, 0.2) is 115 Å². The average molecular weight is 910 g/mol. The maximum atomic E-state index is 14.0. The Morgan fingerprint density at radius 3 is 2.09 bits per heavy atom. The molecule has 0 aliphatic carbocycles. The molecule has 2 N–H and O–H groups in total. The van der Waals surface area contributed by atoms with Gasteiger partial charge < -0.3 is 25.2 Å². The topological polar surface area (TPSA) is 121 Å². The van der Waals surface area contributed by atoms with Gasteiger partial charge in [0.1, 0.15) is 24.4 Å². The van der Waals surface area contributed by atoms with Gasteiger partial charge in [0.15, 0.2) is 0 Å². The molecule has 4 amide bonds. The van der Waals surface area contributed by atoms with Crippen LogP contribution in [0.5, 0.6) is 5.75 Å². The van der Waals surface area contributed by atoms with Crippen LogP contribution in [-0.2, 0) is 25.7 Å². The van der Waals surface area contributed by atoms with Crippen molar-refractivity contribution in [3.8, 4) is 16.2 Å². The molecule has 6 rings (SSSR count). The highest BCUT2D eigenvalue weighted by atomic mass is 32.1. The number of ether oxygens (including phenoxy) is 1. The number of nitrogens with one attached hydrogen (secondary N) is 2. The molecule has 1 fully saturated rings. The molecule has 0 unspecified atom stereocenters. The summed E-state index contributed by atoms with van der Waals surface area (Å²) in [7, 11) is 1.81. The highest BCUT2D eigenvalue weighted by Gasteiger charge is 2.41. The van der Waals surface area contributed by atoms with Gasteiger partial charge >= 0.3 is 0 Å². The van der Waals surface area contributed by atoms with E-state index in [1.54, 1.807) is 28.2 Å². The Bertz CT molecular complexity index is 2390. The number of rotatable bonds is 21. The minimum absolute atomic E-state index is 0.0641. The summed E-state index contributed by atoms with van der Waals surface area (Å²) in [6.45, 7) is 11.7. The van der Waals surface area contributed by atoms with Crippen molar-refractivity contribution in [1.29, 1.82) is 0 Å². The number of likely N-dealkylation sites (N-methyl/N-ethyl adjacent to an activating group) is 1. The van der Waals surface area contributed by atoms with Crippen molar-refractivity contribution in [2.75, 3.05) is 26.7 Å². The van der Waals surface area contributed by atoms with Gasteiger partial charge in [0.05, 0.1) is 22.6 Å². The van der Waals surface area contributed by atoms with Gasteiger partial charge in [-0.2, -0.15) is 0 Å². The summed E-state index contributed by atoms with van der Waals surface area (Å²) in [4.78, 5) is 62.4. The minimum Gasteiger partial charge on any atom is -0.492 e. The van der Waals surface area contributed by atoms with Crippen LogP contribution in [0.4, 0.5) is 0 Å². The number of hydrogen-bond acceptors (Lipinski definition) is 7. The number of carbonyl (C=O) groups excluding carboxylic acids is 4. The normalized spacial score (nSPS) is 14.6. The lowest BCUT2D eigenvalue weighted by molar-refractivity contribution is -0.143. The Balaban J connectivity index is 0.890. The Morgan fingerprint density at radius 2 is 1.47 bits per heavy atom. The number of nitrogens with zero attached hydrogens (tertiary/aromatic N) is 3. The van der Waals surface area contributed by atoms with Crippen molar-refractivity contribution in [2.24, 2.45) is 5.41 Å². The van der Waals surface area contributed by atoms with Crippen LogP contribution in [0.1, 0.15) is 113 Å². The predicted molar refractivity (Wildman–Crippen MR) is 267 cm³/mol.